The molecule has 1 N–H and O–H groups in total. The number of nitrogens with zero attached hydrogens (tertiary/aromatic N) is 3. The Morgan fingerprint density at radius 3 is 2.78 bits per heavy atom. The van der Waals surface area contributed by atoms with Gasteiger partial charge in [-0.3, -0.25) is 4.79 Å². The van der Waals surface area contributed by atoms with Crippen LogP contribution in [0.25, 0.3) is 16.4 Å². The molecule has 3 aromatic rings. The van der Waals surface area contributed by atoms with Crippen molar-refractivity contribution in [3.05, 3.63) is 46.5 Å². The number of hydrogen-bond donors (Lipinski definition) is 2. The van der Waals surface area contributed by atoms with Crippen LogP contribution in [0.1, 0.15) is 18.5 Å². The summed E-state index contributed by atoms with van der Waals surface area (Å²) in [6.45, 7) is -0.253. The fourth-order valence-electron chi connectivity index (χ4n) is 3.87. The number of thiol groups is 1. The molecule has 1 fully saturated rings. The van der Waals surface area contributed by atoms with E-state index in [0.29, 0.717) is 23.1 Å². The molecule has 1 aliphatic rings. The smallest absolute Gasteiger partial charge is 0.401 e. The first-order chi connectivity index (χ1) is 15.2. The second-order valence-corrected chi connectivity index (χ2v) is 7.85. The minimum Gasteiger partial charge on any atom is -0.458 e. The van der Waals surface area contributed by atoms with Gasteiger partial charge in [0.2, 0.25) is 5.91 Å². The predicted molar refractivity (Wildman–Crippen MR) is 111 cm³/mol. The van der Waals surface area contributed by atoms with Gasteiger partial charge in [0.15, 0.2) is 0 Å². The molecule has 2 aromatic heterocycles. The highest BCUT2D eigenvalue weighted by atomic mass is 32.1. The molecule has 1 unspecified atom stereocenters. The molecule has 3 heterocycles. The topological polar surface area (TPSA) is 96.8 Å². The van der Waals surface area contributed by atoms with Gasteiger partial charge < -0.3 is 14.6 Å². The van der Waals surface area contributed by atoms with Crippen molar-refractivity contribution in [2.75, 3.05) is 12.3 Å². The lowest BCUT2D eigenvalue weighted by atomic mass is 10.1. The Hall–Kier alpha value is -3.02. The average molecular weight is 468 g/mol. The Balaban J connectivity index is 1.50. The van der Waals surface area contributed by atoms with Gasteiger partial charge in [-0.15, -0.1) is 0 Å². The summed E-state index contributed by atoms with van der Waals surface area (Å²) in [5, 5.41) is 4.89. The number of ether oxygens (including phenoxy) is 1. The van der Waals surface area contributed by atoms with Crippen LogP contribution in [-0.4, -0.2) is 55.9 Å². The summed E-state index contributed by atoms with van der Waals surface area (Å²) >= 11 is 3.65. The molecule has 1 aromatic carbocycles. The van der Waals surface area contributed by atoms with E-state index < -0.39 is 41.5 Å². The van der Waals surface area contributed by atoms with Crippen molar-refractivity contribution >= 4 is 40.9 Å². The number of aromatic amines is 1. The first-order valence-corrected chi connectivity index (χ1v) is 10.5. The Bertz CT molecular complexity index is 1240. The van der Waals surface area contributed by atoms with Gasteiger partial charge in [0.1, 0.15) is 24.3 Å². The van der Waals surface area contributed by atoms with Crippen molar-refractivity contribution in [3.8, 4) is 0 Å². The molecule has 0 radical (unpaired) electrons. The molecule has 0 spiro atoms. The molecule has 1 amide bonds. The summed E-state index contributed by atoms with van der Waals surface area (Å²) in [4.78, 5) is 40.8. The van der Waals surface area contributed by atoms with Gasteiger partial charge in [0.05, 0.1) is 11.0 Å². The number of aromatic nitrogens is 3. The molecule has 4 rings (SSSR count). The summed E-state index contributed by atoms with van der Waals surface area (Å²) in [6.07, 6.45) is -4.15. The monoisotopic (exact) mass is 468 g/mol. The lowest BCUT2D eigenvalue weighted by Gasteiger charge is -2.28. The third-order valence-corrected chi connectivity index (χ3v) is 5.81. The van der Waals surface area contributed by atoms with E-state index in [2.05, 4.69) is 22.7 Å². The molecular weight excluding hydrogens is 449 g/mol. The number of para-hydroxylation sites is 1. The highest BCUT2D eigenvalue weighted by Crippen LogP contribution is 2.31. The molecule has 0 bridgehead atoms. The van der Waals surface area contributed by atoms with Crippen LogP contribution in [0.15, 0.2) is 35.1 Å². The number of likely N-dealkylation sites (tertiary alicyclic amines) is 1. The maximum absolute atomic E-state index is 13.1. The summed E-state index contributed by atoms with van der Waals surface area (Å²) in [7, 11) is 0. The van der Waals surface area contributed by atoms with E-state index in [9.17, 15) is 27.6 Å². The normalized spacial score (nSPS) is 17.8. The first-order valence-electron chi connectivity index (χ1n) is 9.85. The van der Waals surface area contributed by atoms with Crippen LogP contribution in [0.4, 0.5) is 13.2 Å². The lowest BCUT2D eigenvalue weighted by molar-refractivity contribution is -0.186. The number of nitrogens with one attached hydrogen (secondary N) is 1. The summed E-state index contributed by atoms with van der Waals surface area (Å²) in [5.74, 6) is -4.98. The number of rotatable bonds is 5. The Kier molecular flexibility index (Phi) is 5.89. The summed E-state index contributed by atoms with van der Waals surface area (Å²) in [5.41, 5.74) is 0.972. The molecule has 12 heteroatoms. The summed E-state index contributed by atoms with van der Waals surface area (Å²) < 4.78 is 45.7. The van der Waals surface area contributed by atoms with Gasteiger partial charge in [0.25, 0.3) is 0 Å². The van der Waals surface area contributed by atoms with Crippen molar-refractivity contribution in [3.63, 3.8) is 0 Å². The summed E-state index contributed by atoms with van der Waals surface area (Å²) in [6, 6.07) is 7.63. The zero-order valence-electron chi connectivity index (χ0n) is 16.6. The van der Waals surface area contributed by atoms with Crippen LogP contribution in [0, 0.1) is 5.92 Å². The molecule has 1 saturated heterocycles. The number of benzene rings is 1. The van der Waals surface area contributed by atoms with Gasteiger partial charge in [-0.05, 0) is 25.0 Å². The Morgan fingerprint density at radius 2 is 2.06 bits per heavy atom. The molecule has 1 aliphatic heterocycles. The molecule has 0 saturated carbocycles. The molecule has 8 nitrogen and oxygen atoms in total. The van der Waals surface area contributed by atoms with E-state index in [1.165, 1.54) is 0 Å². The van der Waals surface area contributed by atoms with Crippen LogP contribution in [0.3, 0.4) is 0 Å². The van der Waals surface area contributed by atoms with Gasteiger partial charge in [-0.2, -0.15) is 35.4 Å². The number of carbonyl (C=O) groups excluding carboxylic acids is 2. The van der Waals surface area contributed by atoms with E-state index in [-0.39, 0.29) is 19.6 Å². The SMILES string of the molecule is O=C(OCc1cc2c3ccccc3[nH]c(=O)n2n1)[C@@H]1CCCN1C(=O)C(CS)C(F)(F)F. The third-order valence-electron chi connectivity index (χ3n) is 5.44. The number of H-pyrrole nitrogens is 1. The Labute approximate surface area is 184 Å². The fourth-order valence-corrected chi connectivity index (χ4v) is 4.23. The quantitative estimate of drug-likeness (QED) is 0.443. The standard InChI is InChI=1S/C20H19F3N4O4S/c21-20(22,23)13(10-32)17(28)26-7-3-6-15(26)18(29)31-9-11-8-16-12-4-1-2-5-14(12)24-19(30)27(16)25-11/h1-2,4-5,8,13,15,32H,3,6-7,9-10H2,(H,24,30)/t13?,15-/m0/s1. The van der Waals surface area contributed by atoms with Gasteiger partial charge in [0, 0.05) is 17.7 Å². The lowest BCUT2D eigenvalue weighted by Crippen LogP contribution is -2.48. The molecular formula is C20H19F3N4O4S. The molecule has 2 atom stereocenters. The highest BCUT2D eigenvalue weighted by Gasteiger charge is 2.48. The number of esters is 1. The van der Waals surface area contributed by atoms with Crippen LogP contribution < -0.4 is 5.69 Å². The van der Waals surface area contributed by atoms with Gasteiger partial charge in [-0.1, -0.05) is 18.2 Å². The van der Waals surface area contributed by atoms with Crippen LogP contribution in [-0.2, 0) is 20.9 Å². The number of alkyl halides is 3. The number of halogens is 3. The maximum atomic E-state index is 13.1. The van der Waals surface area contributed by atoms with E-state index in [1.54, 1.807) is 30.3 Å². The van der Waals surface area contributed by atoms with Crippen LogP contribution in [0.2, 0.25) is 0 Å². The van der Waals surface area contributed by atoms with Crippen molar-refractivity contribution in [1.82, 2.24) is 19.5 Å². The molecule has 0 aliphatic carbocycles. The predicted octanol–water partition coefficient (Wildman–Crippen LogP) is 2.32. The van der Waals surface area contributed by atoms with E-state index in [4.69, 9.17) is 4.74 Å². The molecule has 170 valence electrons. The Morgan fingerprint density at radius 1 is 1.31 bits per heavy atom. The van der Waals surface area contributed by atoms with Crippen molar-refractivity contribution in [2.45, 2.75) is 31.7 Å². The highest BCUT2D eigenvalue weighted by molar-refractivity contribution is 7.80. The number of hydrogen-bond acceptors (Lipinski definition) is 6. The second kappa shape index (κ2) is 8.49. The van der Waals surface area contributed by atoms with Crippen LogP contribution in [0.5, 0.6) is 0 Å². The van der Waals surface area contributed by atoms with E-state index >= 15 is 0 Å². The zero-order valence-corrected chi connectivity index (χ0v) is 17.5. The minimum absolute atomic E-state index is 0.0364. The number of amides is 1. The van der Waals surface area contributed by atoms with E-state index in [1.807, 2.05) is 0 Å². The van der Waals surface area contributed by atoms with Gasteiger partial charge >= 0.3 is 17.8 Å². The van der Waals surface area contributed by atoms with Crippen LogP contribution >= 0.6 is 12.6 Å². The average Bonchev–Trinajstić information content (AvgIpc) is 3.39. The third kappa shape index (κ3) is 4.06. The van der Waals surface area contributed by atoms with Crippen molar-refractivity contribution in [1.29, 1.82) is 0 Å². The van der Waals surface area contributed by atoms with Crippen molar-refractivity contribution in [2.24, 2.45) is 5.92 Å². The second-order valence-electron chi connectivity index (χ2n) is 7.48. The largest absolute Gasteiger partial charge is 0.458 e. The van der Waals surface area contributed by atoms with Crippen molar-refractivity contribution < 1.29 is 27.5 Å². The zero-order chi connectivity index (χ0) is 23.0. The van der Waals surface area contributed by atoms with Gasteiger partial charge in [-0.25, -0.2) is 9.59 Å². The number of fused-ring (bicyclic) bond motifs is 3. The minimum atomic E-state index is -4.75. The van der Waals surface area contributed by atoms with E-state index in [0.717, 1.165) is 14.8 Å². The first kappa shape index (κ1) is 22.2. The maximum Gasteiger partial charge on any atom is 0.401 e. The number of carbonyl (C=O) groups is 2. The molecule has 32 heavy (non-hydrogen) atoms. The fraction of sp³-hybridized carbons (Fsp3) is 0.400.